The van der Waals surface area contributed by atoms with Crippen molar-refractivity contribution in [3.05, 3.63) is 0 Å². The quantitative estimate of drug-likeness (QED) is 0.356. The van der Waals surface area contributed by atoms with Crippen molar-refractivity contribution in [2.75, 3.05) is 0 Å². The van der Waals surface area contributed by atoms with Crippen molar-refractivity contribution in [2.24, 2.45) is 11.8 Å². The number of hydrogen-bond acceptors (Lipinski definition) is 3. The second-order valence-electron chi connectivity index (χ2n) is 7.22. The molecule has 25 heavy (non-hydrogen) atoms. The van der Waals surface area contributed by atoms with Gasteiger partial charge in [-0.25, -0.2) is 8.78 Å². The highest BCUT2D eigenvalue weighted by Gasteiger charge is 2.41. The van der Waals surface area contributed by atoms with E-state index in [0.29, 0.717) is 6.92 Å². The molecule has 0 aromatic carbocycles. The Kier molecular flexibility index (Phi) is 8.30. The average Bonchev–Trinajstić information content (AvgIpc) is 2.31. The van der Waals surface area contributed by atoms with E-state index >= 15 is 0 Å². The molecule has 0 heterocycles. The van der Waals surface area contributed by atoms with Crippen molar-refractivity contribution in [1.29, 1.82) is 0 Å². The molecule has 2 atom stereocenters. The zero-order chi connectivity index (χ0) is 20.1. The Bertz CT molecular complexity index is 449. The van der Waals surface area contributed by atoms with Crippen LogP contribution in [0, 0.1) is 11.8 Å². The fourth-order valence-electron chi connectivity index (χ4n) is 2.34. The van der Waals surface area contributed by atoms with Crippen molar-refractivity contribution >= 4 is 11.9 Å². The van der Waals surface area contributed by atoms with Crippen LogP contribution in [-0.4, -0.2) is 34.7 Å². The van der Waals surface area contributed by atoms with Crippen molar-refractivity contribution in [1.82, 2.24) is 0 Å². The number of rotatable bonds is 9. The number of aliphatic carboxylic acids is 1. The molecular formula is C16H25F5O4. The molecule has 0 spiro atoms. The molecule has 0 fully saturated rings. The van der Waals surface area contributed by atoms with E-state index in [4.69, 9.17) is 4.74 Å². The number of carbonyl (C=O) groups is 2. The third-order valence-corrected chi connectivity index (χ3v) is 3.32. The van der Waals surface area contributed by atoms with Gasteiger partial charge in [-0.2, -0.15) is 13.2 Å². The van der Waals surface area contributed by atoms with E-state index in [0.717, 1.165) is 0 Å². The summed E-state index contributed by atoms with van der Waals surface area (Å²) in [6.45, 7) is 5.10. The number of ether oxygens (including phenoxy) is 1. The smallest absolute Gasteiger partial charge is 0.389 e. The van der Waals surface area contributed by atoms with Crippen LogP contribution in [0.15, 0.2) is 0 Å². The summed E-state index contributed by atoms with van der Waals surface area (Å²) < 4.78 is 68.2. The molecule has 148 valence electrons. The van der Waals surface area contributed by atoms with Crippen LogP contribution in [0.3, 0.4) is 0 Å². The lowest BCUT2D eigenvalue weighted by Gasteiger charge is -2.28. The lowest BCUT2D eigenvalue weighted by molar-refractivity contribution is -0.169. The summed E-state index contributed by atoms with van der Waals surface area (Å²) in [5.74, 6) is -9.10. The Balaban J connectivity index is 5.20. The molecule has 1 unspecified atom stereocenters. The molecule has 0 saturated heterocycles. The first-order chi connectivity index (χ1) is 11.0. The van der Waals surface area contributed by atoms with E-state index in [9.17, 15) is 36.6 Å². The third kappa shape index (κ3) is 11.7. The molecule has 0 aromatic heterocycles. The second kappa shape index (κ2) is 8.80. The van der Waals surface area contributed by atoms with Gasteiger partial charge in [0.25, 0.3) is 0 Å². The van der Waals surface area contributed by atoms with Crippen LogP contribution in [0.4, 0.5) is 22.0 Å². The highest BCUT2D eigenvalue weighted by Crippen LogP contribution is 2.33. The van der Waals surface area contributed by atoms with Gasteiger partial charge in [-0.05, 0) is 40.5 Å². The Morgan fingerprint density at radius 2 is 1.48 bits per heavy atom. The van der Waals surface area contributed by atoms with Crippen molar-refractivity contribution in [3.8, 4) is 0 Å². The molecule has 9 heteroatoms. The summed E-state index contributed by atoms with van der Waals surface area (Å²) in [6.07, 6.45) is -7.26. The Hall–Kier alpha value is -1.41. The molecule has 0 aromatic rings. The molecule has 0 aliphatic carbocycles. The lowest BCUT2D eigenvalue weighted by Crippen LogP contribution is -2.38. The second-order valence-corrected chi connectivity index (χ2v) is 7.22. The van der Waals surface area contributed by atoms with Gasteiger partial charge in [-0.3, -0.25) is 9.59 Å². The molecule has 0 amide bonds. The first kappa shape index (κ1) is 23.6. The van der Waals surface area contributed by atoms with Crippen LogP contribution >= 0.6 is 0 Å². The molecule has 0 bridgehead atoms. The predicted octanol–water partition coefficient (Wildman–Crippen LogP) is 4.81. The molecule has 0 rings (SSSR count). The maximum absolute atomic E-state index is 13.3. The number of esters is 1. The molecule has 0 aliphatic rings. The van der Waals surface area contributed by atoms with E-state index in [-0.39, 0.29) is 19.3 Å². The van der Waals surface area contributed by atoms with Crippen LogP contribution in [0.1, 0.15) is 59.8 Å². The van der Waals surface area contributed by atoms with Crippen LogP contribution in [0.25, 0.3) is 0 Å². The molecule has 1 N–H and O–H groups in total. The zero-order valence-electron chi connectivity index (χ0n) is 14.8. The predicted molar refractivity (Wildman–Crippen MR) is 80.2 cm³/mol. The van der Waals surface area contributed by atoms with Gasteiger partial charge >= 0.3 is 18.1 Å². The maximum Gasteiger partial charge on any atom is 0.389 e. The van der Waals surface area contributed by atoms with Crippen LogP contribution < -0.4 is 0 Å². The van der Waals surface area contributed by atoms with E-state index < -0.39 is 54.3 Å². The fourth-order valence-corrected chi connectivity index (χ4v) is 2.34. The van der Waals surface area contributed by atoms with Crippen molar-refractivity contribution in [2.45, 2.75) is 77.5 Å². The largest absolute Gasteiger partial charge is 0.481 e. The number of carboxylic acids is 1. The first-order valence-corrected chi connectivity index (χ1v) is 7.92. The summed E-state index contributed by atoms with van der Waals surface area (Å²) in [5, 5.41) is 9.22. The minimum absolute atomic E-state index is 0.123. The van der Waals surface area contributed by atoms with E-state index in [1.165, 1.54) is 20.8 Å². The standard InChI is InChI=1S/C16H25F5O4/c1-14(2,3)25-13(24)10(7-5-6-8-16(19,20)21)11(12(22)23)9-15(4,17)18/h10-11H,5-9H2,1-4H3,(H,22,23)/t10?,11-/m1/s1. The average molecular weight is 376 g/mol. The minimum atomic E-state index is -4.37. The summed E-state index contributed by atoms with van der Waals surface area (Å²) >= 11 is 0. The summed E-state index contributed by atoms with van der Waals surface area (Å²) in [6, 6.07) is 0. The van der Waals surface area contributed by atoms with Crippen molar-refractivity contribution in [3.63, 3.8) is 0 Å². The Morgan fingerprint density at radius 1 is 0.960 bits per heavy atom. The molecule has 4 nitrogen and oxygen atoms in total. The zero-order valence-corrected chi connectivity index (χ0v) is 14.8. The Labute approximate surface area is 143 Å². The van der Waals surface area contributed by atoms with Gasteiger partial charge in [0.05, 0.1) is 11.8 Å². The van der Waals surface area contributed by atoms with Gasteiger partial charge in [-0.15, -0.1) is 0 Å². The highest BCUT2D eigenvalue weighted by atomic mass is 19.4. The van der Waals surface area contributed by atoms with Crippen LogP contribution in [0.2, 0.25) is 0 Å². The van der Waals surface area contributed by atoms with E-state index in [1.54, 1.807) is 0 Å². The SMILES string of the molecule is CC(F)(F)C[C@@H](C(=O)O)C(CCCCC(F)(F)F)C(=O)OC(C)(C)C. The summed E-state index contributed by atoms with van der Waals surface area (Å²) in [7, 11) is 0. The third-order valence-electron chi connectivity index (χ3n) is 3.32. The topological polar surface area (TPSA) is 63.6 Å². The van der Waals surface area contributed by atoms with Gasteiger partial charge in [0.1, 0.15) is 5.60 Å². The number of halogens is 5. The van der Waals surface area contributed by atoms with Gasteiger partial charge in [0.2, 0.25) is 5.92 Å². The normalized spacial score (nSPS) is 15.6. The minimum Gasteiger partial charge on any atom is -0.481 e. The van der Waals surface area contributed by atoms with Crippen molar-refractivity contribution < 1.29 is 41.4 Å². The van der Waals surface area contributed by atoms with E-state index in [1.807, 2.05) is 0 Å². The molecule has 0 radical (unpaired) electrons. The lowest BCUT2D eigenvalue weighted by atomic mass is 9.83. The van der Waals surface area contributed by atoms with Gasteiger partial charge < -0.3 is 9.84 Å². The monoisotopic (exact) mass is 376 g/mol. The van der Waals surface area contributed by atoms with Gasteiger partial charge in [-0.1, -0.05) is 6.42 Å². The van der Waals surface area contributed by atoms with Gasteiger partial charge in [0.15, 0.2) is 0 Å². The number of carbonyl (C=O) groups excluding carboxylic acids is 1. The summed E-state index contributed by atoms with van der Waals surface area (Å²) in [4.78, 5) is 23.6. The number of unbranched alkanes of at least 4 members (excludes halogenated alkanes) is 1. The molecule has 0 saturated carbocycles. The van der Waals surface area contributed by atoms with E-state index in [2.05, 4.69) is 0 Å². The Morgan fingerprint density at radius 3 is 1.84 bits per heavy atom. The maximum atomic E-state index is 13.3. The van der Waals surface area contributed by atoms with Gasteiger partial charge in [0, 0.05) is 12.8 Å². The fraction of sp³-hybridized carbons (Fsp3) is 0.875. The van der Waals surface area contributed by atoms with Crippen LogP contribution in [-0.2, 0) is 14.3 Å². The number of alkyl halides is 5. The first-order valence-electron chi connectivity index (χ1n) is 7.92. The summed E-state index contributed by atoms with van der Waals surface area (Å²) in [5.41, 5.74) is -0.973. The number of carboxylic acid groups (broad SMARTS) is 1. The highest BCUT2D eigenvalue weighted by molar-refractivity contribution is 5.81. The molecule has 0 aliphatic heterocycles. The number of hydrogen-bond donors (Lipinski definition) is 1. The van der Waals surface area contributed by atoms with Crippen LogP contribution in [0.5, 0.6) is 0 Å². The molecular weight excluding hydrogens is 351 g/mol.